The second kappa shape index (κ2) is 11.3. The third-order valence-corrected chi connectivity index (χ3v) is 3.48. The van der Waals surface area contributed by atoms with Crippen LogP contribution in [0.2, 0.25) is 0 Å². The minimum atomic E-state index is 0.622. The number of rotatable bonds is 11. The zero-order chi connectivity index (χ0) is 13.8. The summed E-state index contributed by atoms with van der Waals surface area (Å²) in [7, 11) is 0. The summed E-state index contributed by atoms with van der Waals surface area (Å²) in [6.45, 7) is 4.40. The third kappa shape index (κ3) is 9.06. The quantitative estimate of drug-likeness (QED) is 0.519. The van der Waals surface area contributed by atoms with Gasteiger partial charge in [-0.3, -0.25) is 0 Å². The molecular weight excluding hydrogens is 304 g/mol. The van der Waals surface area contributed by atoms with Gasteiger partial charge in [0.1, 0.15) is 12.4 Å². The molecule has 0 atom stereocenters. The number of unbranched alkanes of at least 4 members (excludes halogenated alkanes) is 5. The highest BCUT2D eigenvalue weighted by molar-refractivity contribution is 9.10. The maximum Gasteiger partial charge on any atom is 0.119 e. The molecule has 0 N–H and O–H groups in total. The van der Waals surface area contributed by atoms with Crippen molar-refractivity contribution in [1.29, 1.82) is 0 Å². The second-order valence-electron chi connectivity index (χ2n) is 4.68. The third-order valence-electron chi connectivity index (χ3n) is 2.95. The lowest BCUT2D eigenvalue weighted by atomic mass is 10.1. The molecule has 1 aromatic carbocycles. The van der Waals surface area contributed by atoms with Gasteiger partial charge in [0.25, 0.3) is 0 Å². The standard InChI is InChI=1S/C16H25BrO2/c1-2-3-4-5-6-7-12-18-13-14-19-16-10-8-15(17)9-11-16/h8-11H,2-7,12-14H2,1H3. The Morgan fingerprint density at radius 3 is 2.26 bits per heavy atom. The van der Waals surface area contributed by atoms with E-state index < -0.39 is 0 Å². The highest BCUT2D eigenvalue weighted by Gasteiger charge is 1.94. The number of benzene rings is 1. The predicted molar refractivity (Wildman–Crippen MR) is 83.8 cm³/mol. The van der Waals surface area contributed by atoms with Gasteiger partial charge in [-0.25, -0.2) is 0 Å². The van der Waals surface area contributed by atoms with Gasteiger partial charge < -0.3 is 9.47 Å². The summed E-state index contributed by atoms with van der Waals surface area (Å²) < 4.78 is 12.2. The van der Waals surface area contributed by atoms with Gasteiger partial charge in [-0.15, -0.1) is 0 Å². The minimum absolute atomic E-state index is 0.622. The van der Waals surface area contributed by atoms with Crippen LogP contribution < -0.4 is 4.74 Å². The van der Waals surface area contributed by atoms with Crippen LogP contribution in [0.1, 0.15) is 45.4 Å². The molecule has 0 amide bonds. The van der Waals surface area contributed by atoms with Crippen LogP contribution in [0.4, 0.5) is 0 Å². The normalized spacial score (nSPS) is 10.6. The zero-order valence-electron chi connectivity index (χ0n) is 11.9. The largest absolute Gasteiger partial charge is 0.491 e. The molecule has 0 heterocycles. The molecule has 0 unspecified atom stereocenters. The fraction of sp³-hybridized carbons (Fsp3) is 0.625. The fourth-order valence-electron chi connectivity index (χ4n) is 1.84. The van der Waals surface area contributed by atoms with Gasteiger partial charge in [-0.05, 0) is 30.7 Å². The van der Waals surface area contributed by atoms with E-state index in [0.29, 0.717) is 13.2 Å². The lowest BCUT2D eigenvalue weighted by molar-refractivity contribution is 0.0970. The summed E-state index contributed by atoms with van der Waals surface area (Å²) in [5.74, 6) is 0.895. The molecule has 0 saturated carbocycles. The Hall–Kier alpha value is -0.540. The van der Waals surface area contributed by atoms with Gasteiger partial charge in [0.15, 0.2) is 0 Å². The molecular formula is C16H25BrO2. The predicted octanol–water partition coefficient (Wildman–Crippen LogP) is 5.21. The van der Waals surface area contributed by atoms with Gasteiger partial charge in [0.2, 0.25) is 0 Å². The Labute approximate surface area is 125 Å². The first-order valence-electron chi connectivity index (χ1n) is 7.29. The van der Waals surface area contributed by atoms with Crippen molar-refractivity contribution in [2.75, 3.05) is 19.8 Å². The molecule has 0 radical (unpaired) electrons. The van der Waals surface area contributed by atoms with Crippen molar-refractivity contribution >= 4 is 15.9 Å². The van der Waals surface area contributed by atoms with E-state index in [4.69, 9.17) is 9.47 Å². The molecule has 1 aromatic rings. The van der Waals surface area contributed by atoms with Crippen molar-refractivity contribution in [2.24, 2.45) is 0 Å². The van der Waals surface area contributed by atoms with Crippen molar-refractivity contribution in [1.82, 2.24) is 0 Å². The lowest BCUT2D eigenvalue weighted by Crippen LogP contribution is -2.07. The number of hydrogen-bond acceptors (Lipinski definition) is 2. The van der Waals surface area contributed by atoms with Crippen molar-refractivity contribution in [3.05, 3.63) is 28.7 Å². The van der Waals surface area contributed by atoms with Crippen LogP contribution in [0.15, 0.2) is 28.7 Å². The van der Waals surface area contributed by atoms with Crippen LogP contribution in [0.3, 0.4) is 0 Å². The van der Waals surface area contributed by atoms with Crippen LogP contribution in [0.5, 0.6) is 5.75 Å². The van der Waals surface area contributed by atoms with Gasteiger partial charge in [0, 0.05) is 11.1 Å². The molecule has 2 nitrogen and oxygen atoms in total. The van der Waals surface area contributed by atoms with Gasteiger partial charge in [-0.1, -0.05) is 55.0 Å². The summed E-state index contributed by atoms with van der Waals surface area (Å²) in [5, 5.41) is 0. The maximum atomic E-state index is 5.57. The molecule has 0 saturated heterocycles. The van der Waals surface area contributed by atoms with Crippen molar-refractivity contribution in [3.63, 3.8) is 0 Å². The molecule has 0 aliphatic rings. The summed E-state index contributed by atoms with van der Waals surface area (Å²) in [6, 6.07) is 7.87. The SMILES string of the molecule is CCCCCCCCOCCOc1ccc(Br)cc1. The Bertz CT molecular complexity index is 311. The monoisotopic (exact) mass is 328 g/mol. The molecule has 0 aromatic heterocycles. The zero-order valence-corrected chi connectivity index (χ0v) is 13.5. The van der Waals surface area contributed by atoms with E-state index in [9.17, 15) is 0 Å². The van der Waals surface area contributed by atoms with Crippen LogP contribution in [-0.2, 0) is 4.74 Å². The number of halogens is 1. The van der Waals surface area contributed by atoms with Gasteiger partial charge in [-0.2, -0.15) is 0 Å². The van der Waals surface area contributed by atoms with Crippen molar-refractivity contribution in [2.45, 2.75) is 45.4 Å². The van der Waals surface area contributed by atoms with Crippen LogP contribution in [0, 0.1) is 0 Å². The molecule has 1 rings (SSSR count). The molecule has 108 valence electrons. The minimum Gasteiger partial charge on any atom is -0.491 e. The van der Waals surface area contributed by atoms with E-state index >= 15 is 0 Å². The average Bonchev–Trinajstić information content (AvgIpc) is 2.43. The lowest BCUT2D eigenvalue weighted by Gasteiger charge is -2.07. The van der Waals surface area contributed by atoms with E-state index in [1.165, 1.54) is 38.5 Å². The van der Waals surface area contributed by atoms with Crippen molar-refractivity contribution < 1.29 is 9.47 Å². The summed E-state index contributed by atoms with van der Waals surface area (Å²) in [4.78, 5) is 0. The van der Waals surface area contributed by atoms with E-state index in [0.717, 1.165) is 16.8 Å². The Morgan fingerprint density at radius 1 is 0.842 bits per heavy atom. The Kier molecular flexibility index (Phi) is 9.82. The molecule has 0 aliphatic carbocycles. The number of hydrogen-bond donors (Lipinski definition) is 0. The molecule has 3 heteroatoms. The molecule has 0 bridgehead atoms. The smallest absolute Gasteiger partial charge is 0.119 e. The second-order valence-corrected chi connectivity index (χ2v) is 5.60. The Balaban J connectivity index is 1.87. The Morgan fingerprint density at radius 2 is 1.53 bits per heavy atom. The van der Waals surface area contributed by atoms with Crippen LogP contribution in [0.25, 0.3) is 0 Å². The van der Waals surface area contributed by atoms with Crippen LogP contribution in [-0.4, -0.2) is 19.8 Å². The van der Waals surface area contributed by atoms with E-state index in [1.807, 2.05) is 24.3 Å². The molecule has 19 heavy (non-hydrogen) atoms. The maximum absolute atomic E-state index is 5.57. The molecule has 0 fully saturated rings. The highest BCUT2D eigenvalue weighted by Crippen LogP contribution is 2.15. The summed E-state index contributed by atoms with van der Waals surface area (Å²) in [5.41, 5.74) is 0. The van der Waals surface area contributed by atoms with Gasteiger partial charge in [0.05, 0.1) is 6.61 Å². The molecule has 0 aliphatic heterocycles. The summed E-state index contributed by atoms with van der Waals surface area (Å²) >= 11 is 3.40. The highest BCUT2D eigenvalue weighted by atomic mass is 79.9. The fourth-order valence-corrected chi connectivity index (χ4v) is 2.10. The van der Waals surface area contributed by atoms with Crippen LogP contribution >= 0.6 is 15.9 Å². The first-order valence-corrected chi connectivity index (χ1v) is 8.08. The van der Waals surface area contributed by atoms with Crippen molar-refractivity contribution in [3.8, 4) is 5.75 Å². The summed E-state index contributed by atoms with van der Waals surface area (Å²) in [6.07, 6.45) is 7.83. The van der Waals surface area contributed by atoms with E-state index in [-0.39, 0.29) is 0 Å². The van der Waals surface area contributed by atoms with Gasteiger partial charge >= 0.3 is 0 Å². The average molecular weight is 329 g/mol. The van der Waals surface area contributed by atoms with E-state index in [2.05, 4.69) is 22.9 Å². The first kappa shape index (κ1) is 16.5. The topological polar surface area (TPSA) is 18.5 Å². The number of ether oxygens (including phenoxy) is 2. The van der Waals surface area contributed by atoms with E-state index in [1.54, 1.807) is 0 Å². The first-order chi connectivity index (χ1) is 9.33. The molecule has 0 spiro atoms.